The Balaban J connectivity index is 1.80. The lowest BCUT2D eigenvalue weighted by Gasteiger charge is -2.27. The highest BCUT2D eigenvalue weighted by Crippen LogP contribution is 2.29. The Morgan fingerprint density at radius 1 is 1.06 bits per heavy atom. The average molecular weight is 475 g/mol. The molecule has 0 aliphatic carbocycles. The number of hydrogen-bond donors (Lipinski definition) is 1. The Kier molecular flexibility index (Phi) is 7.75. The maximum Gasteiger partial charge on any atom is 0.289 e. The van der Waals surface area contributed by atoms with Crippen molar-refractivity contribution in [1.82, 2.24) is 4.31 Å². The molecular weight excluding hydrogens is 451 g/mol. The summed E-state index contributed by atoms with van der Waals surface area (Å²) in [6.07, 6.45) is 0. The van der Waals surface area contributed by atoms with E-state index in [0.29, 0.717) is 16.9 Å². The molecule has 8 nitrogen and oxygen atoms in total. The lowest BCUT2D eigenvalue weighted by molar-refractivity contribution is -0.387. The van der Waals surface area contributed by atoms with Crippen LogP contribution in [0.3, 0.4) is 0 Å². The largest absolute Gasteiger partial charge is 0.489 e. The number of sulfonamides is 1. The molecule has 3 rings (SSSR count). The Morgan fingerprint density at radius 2 is 1.76 bits per heavy atom. The zero-order valence-corrected chi connectivity index (χ0v) is 18.6. The molecule has 3 aromatic rings. The molecule has 33 heavy (non-hydrogen) atoms. The van der Waals surface area contributed by atoms with Gasteiger partial charge in [-0.05, 0) is 48.4 Å². The summed E-state index contributed by atoms with van der Waals surface area (Å²) in [6.45, 7) is 1.11. The molecule has 0 aliphatic heterocycles. The molecule has 0 radical (unpaired) electrons. The molecule has 10 heteroatoms. The summed E-state index contributed by atoms with van der Waals surface area (Å²) in [5, 5.41) is 21.0. The molecule has 0 saturated carbocycles. The van der Waals surface area contributed by atoms with Crippen LogP contribution in [0.1, 0.15) is 18.1 Å². The van der Waals surface area contributed by atoms with Crippen molar-refractivity contribution in [1.29, 1.82) is 0 Å². The van der Waals surface area contributed by atoms with E-state index in [1.54, 1.807) is 36.4 Å². The fourth-order valence-corrected chi connectivity index (χ4v) is 4.96. The number of benzene rings is 3. The number of aliphatic hydroxyl groups excluding tert-OH is 1. The van der Waals surface area contributed by atoms with Crippen molar-refractivity contribution in [3.05, 3.63) is 99.9 Å². The number of hydrogen-bond acceptors (Lipinski definition) is 6. The fraction of sp³-hybridized carbons (Fsp3) is 0.217. The minimum atomic E-state index is -4.28. The molecule has 174 valence electrons. The molecule has 0 amide bonds. The van der Waals surface area contributed by atoms with Crippen molar-refractivity contribution in [2.45, 2.75) is 31.0 Å². The van der Waals surface area contributed by atoms with Gasteiger partial charge in [0.25, 0.3) is 15.7 Å². The standard InChI is InChI=1S/C23H23FN2O6S/c1-17(15-27)25(33(30,31)23-8-3-2-7-22(23)26(28)29)14-18-9-11-21(12-10-18)32-16-19-5-4-6-20(24)13-19/h2-13,17,27H,14-16H2,1H3/t17-/m0/s1. The number of halogens is 1. The summed E-state index contributed by atoms with van der Waals surface area (Å²) in [4.78, 5) is 10.2. The van der Waals surface area contributed by atoms with Gasteiger partial charge in [0.1, 0.15) is 18.2 Å². The molecule has 0 heterocycles. The Hall–Kier alpha value is -3.34. The molecule has 0 bridgehead atoms. The first-order valence-corrected chi connectivity index (χ1v) is 11.5. The second kappa shape index (κ2) is 10.5. The van der Waals surface area contributed by atoms with E-state index in [1.807, 2.05) is 0 Å². The van der Waals surface area contributed by atoms with Gasteiger partial charge in [-0.3, -0.25) is 10.1 Å². The number of para-hydroxylation sites is 1. The van der Waals surface area contributed by atoms with Gasteiger partial charge in [-0.1, -0.05) is 36.4 Å². The average Bonchev–Trinajstić information content (AvgIpc) is 2.81. The number of nitro benzene ring substituents is 1. The third-order valence-corrected chi connectivity index (χ3v) is 6.97. The first-order valence-electron chi connectivity index (χ1n) is 10.0. The summed E-state index contributed by atoms with van der Waals surface area (Å²) < 4.78 is 46.5. The molecule has 0 unspecified atom stereocenters. The van der Waals surface area contributed by atoms with Crippen LogP contribution in [-0.2, 0) is 23.2 Å². The van der Waals surface area contributed by atoms with Gasteiger partial charge in [0, 0.05) is 18.7 Å². The normalized spacial score (nSPS) is 12.5. The smallest absolute Gasteiger partial charge is 0.289 e. The zero-order valence-electron chi connectivity index (χ0n) is 17.8. The van der Waals surface area contributed by atoms with E-state index in [-0.39, 0.29) is 19.0 Å². The lowest BCUT2D eigenvalue weighted by atomic mass is 10.2. The highest BCUT2D eigenvalue weighted by molar-refractivity contribution is 7.89. The van der Waals surface area contributed by atoms with Crippen LogP contribution in [-0.4, -0.2) is 35.4 Å². The van der Waals surface area contributed by atoms with E-state index in [9.17, 15) is 28.0 Å². The van der Waals surface area contributed by atoms with Gasteiger partial charge in [-0.2, -0.15) is 4.31 Å². The van der Waals surface area contributed by atoms with Gasteiger partial charge in [-0.15, -0.1) is 0 Å². The Morgan fingerprint density at radius 3 is 2.39 bits per heavy atom. The van der Waals surface area contributed by atoms with Gasteiger partial charge in [0.2, 0.25) is 0 Å². The second-order valence-corrected chi connectivity index (χ2v) is 9.23. The van der Waals surface area contributed by atoms with Crippen molar-refractivity contribution < 1.29 is 27.6 Å². The van der Waals surface area contributed by atoms with E-state index < -0.39 is 38.2 Å². The summed E-state index contributed by atoms with van der Waals surface area (Å²) in [6, 6.07) is 16.9. The molecular formula is C23H23FN2O6S. The van der Waals surface area contributed by atoms with Crippen molar-refractivity contribution in [2.75, 3.05) is 6.61 Å². The summed E-state index contributed by atoms with van der Waals surface area (Å²) in [5.74, 6) is 0.149. The molecule has 1 N–H and O–H groups in total. The van der Waals surface area contributed by atoms with E-state index in [0.717, 1.165) is 10.4 Å². The van der Waals surface area contributed by atoms with Gasteiger partial charge in [-0.25, -0.2) is 12.8 Å². The predicted molar refractivity (Wildman–Crippen MR) is 120 cm³/mol. The molecule has 0 saturated heterocycles. The van der Waals surface area contributed by atoms with Gasteiger partial charge < -0.3 is 9.84 Å². The van der Waals surface area contributed by atoms with Crippen LogP contribution in [0.4, 0.5) is 10.1 Å². The molecule has 3 aromatic carbocycles. The first kappa shape index (κ1) is 24.3. The lowest BCUT2D eigenvalue weighted by Crippen LogP contribution is -2.40. The van der Waals surface area contributed by atoms with Crippen LogP contribution >= 0.6 is 0 Å². The zero-order chi connectivity index (χ0) is 24.0. The van der Waals surface area contributed by atoms with Crippen LogP contribution in [0.2, 0.25) is 0 Å². The minimum absolute atomic E-state index is 0.111. The highest BCUT2D eigenvalue weighted by Gasteiger charge is 2.34. The molecule has 0 spiro atoms. The SMILES string of the molecule is C[C@@H](CO)N(Cc1ccc(OCc2cccc(F)c2)cc1)S(=O)(=O)c1ccccc1[N+](=O)[O-]. The summed E-state index contributed by atoms with van der Waals surface area (Å²) in [7, 11) is -4.28. The van der Waals surface area contributed by atoms with E-state index >= 15 is 0 Å². The third-order valence-electron chi connectivity index (χ3n) is 4.96. The third kappa shape index (κ3) is 5.92. The number of rotatable bonds is 10. The van der Waals surface area contributed by atoms with Crippen molar-refractivity contribution >= 4 is 15.7 Å². The van der Waals surface area contributed by atoms with Gasteiger partial charge in [0.05, 0.1) is 11.5 Å². The van der Waals surface area contributed by atoms with Crippen LogP contribution in [0.5, 0.6) is 5.75 Å². The topological polar surface area (TPSA) is 110 Å². The number of nitro groups is 1. The first-order chi connectivity index (χ1) is 15.7. The highest BCUT2D eigenvalue weighted by atomic mass is 32.2. The Bertz CT molecular complexity index is 1220. The Labute approximate surface area is 191 Å². The predicted octanol–water partition coefficient (Wildman–Crippen LogP) is 3.88. The van der Waals surface area contributed by atoms with Crippen LogP contribution in [0, 0.1) is 15.9 Å². The minimum Gasteiger partial charge on any atom is -0.489 e. The molecule has 0 aliphatic rings. The maximum atomic E-state index is 13.3. The van der Waals surface area contributed by atoms with Gasteiger partial charge in [0.15, 0.2) is 4.90 Å². The van der Waals surface area contributed by atoms with Crippen molar-refractivity contribution in [3.8, 4) is 5.75 Å². The molecule has 1 atom stereocenters. The van der Waals surface area contributed by atoms with Crippen molar-refractivity contribution in [2.24, 2.45) is 0 Å². The number of ether oxygens (including phenoxy) is 1. The molecule has 0 fully saturated rings. The second-order valence-electron chi connectivity index (χ2n) is 7.37. The summed E-state index contributed by atoms with van der Waals surface area (Å²) >= 11 is 0. The van der Waals surface area contributed by atoms with Crippen LogP contribution in [0.15, 0.2) is 77.7 Å². The van der Waals surface area contributed by atoms with Gasteiger partial charge >= 0.3 is 0 Å². The fourth-order valence-electron chi connectivity index (χ4n) is 3.19. The quantitative estimate of drug-likeness (QED) is 0.353. The maximum absolute atomic E-state index is 13.3. The van der Waals surface area contributed by atoms with E-state index in [1.165, 1.54) is 37.3 Å². The van der Waals surface area contributed by atoms with Crippen molar-refractivity contribution in [3.63, 3.8) is 0 Å². The number of aliphatic hydroxyl groups is 1. The molecule has 0 aromatic heterocycles. The van der Waals surface area contributed by atoms with E-state index in [2.05, 4.69) is 0 Å². The monoisotopic (exact) mass is 474 g/mol. The van der Waals surface area contributed by atoms with E-state index in [4.69, 9.17) is 4.74 Å². The van der Waals surface area contributed by atoms with Crippen LogP contribution < -0.4 is 4.74 Å². The van der Waals surface area contributed by atoms with Crippen LogP contribution in [0.25, 0.3) is 0 Å². The summed E-state index contributed by atoms with van der Waals surface area (Å²) in [5.41, 5.74) is 0.724. The number of nitrogens with zero attached hydrogens (tertiary/aromatic N) is 2.